The van der Waals surface area contributed by atoms with Crippen LogP contribution in [0, 0.1) is 6.92 Å². The zero-order chi connectivity index (χ0) is 15.2. The zero-order valence-electron chi connectivity index (χ0n) is 12.3. The quantitative estimate of drug-likeness (QED) is 0.814. The fourth-order valence-electron chi connectivity index (χ4n) is 1.77. The first-order valence-electron chi connectivity index (χ1n) is 6.51. The van der Waals surface area contributed by atoms with E-state index < -0.39 is 0 Å². The third-order valence-electron chi connectivity index (χ3n) is 2.91. The van der Waals surface area contributed by atoms with E-state index in [0.717, 1.165) is 5.76 Å². The first-order valence-corrected chi connectivity index (χ1v) is 6.51. The number of ether oxygens (including phenoxy) is 2. The van der Waals surface area contributed by atoms with Gasteiger partial charge in [-0.15, -0.1) is 0 Å². The minimum Gasteiger partial charge on any atom is -0.497 e. The number of hydrogen-bond donors (Lipinski definition) is 0. The number of hydrogen-bond acceptors (Lipinski definition) is 5. The zero-order valence-corrected chi connectivity index (χ0v) is 12.3. The van der Waals surface area contributed by atoms with Crippen LogP contribution in [0.2, 0.25) is 0 Å². The summed E-state index contributed by atoms with van der Waals surface area (Å²) in [6.45, 7) is 2.16. The maximum absolute atomic E-state index is 12.0. The molecule has 0 bridgehead atoms. The normalized spacial score (nSPS) is 10.2. The van der Waals surface area contributed by atoms with Crippen molar-refractivity contribution in [3.63, 3.8) is 0 Å². The summed E-state index contributed by atoms with van der Waals surface area (Å²) in [6, 6.07) is 8.92. The molecule has 1 aromatic heterocycles. The van der Waals surface area contributed by atoms with Crippen molar-refractivity contribution in [1.29, 1.82) is 0 Å². The average Bonchev–Trinajstić information content (AvgIpc) is 2.90. The Bertz CT molecular complexity index is 609. The van der Waals surface area contributed by atoms with Crippen LogP contribution in [0.15, 0.2) is 34.9 Å². The van der Waals surface area contributed by atoms with Crippen molar-refractivity contribution in [2.45, 2.75) is 13.5 Å². The molecule has 0 saturated heterocycles. The van der Waals surface area contributed by atoms with Gasteiger partial charge >= 0.3 is 0 Å². The molecule has 1 heterocycles. The molecule has 0 spiro atoms. The molecule has 0 unspecified atom stereocenters. The number of nitrogens with zero attached hydrogens (tertiary/aromatic N) is 2. The molecule has 6 heteroatoms. The minimum atomic E-state index is -0.140. The van der Waals surface area contributed by atoms with E-state index in [1.807, 2.05) is 13.0 Å². The molecule has 0 saturated carbocycles. The SMILES string of the molecule is COc1cccc(OCC(=O)N(C)Cc2cc(C)on2)c1. The van der Waals surface area contributed by atoms with Crippen molar-refractivity contribution in [3.05, 3.63) is 41.8 Å². The molecule has 2 aromatic rings. The Balaban J connectivity index is 1.85. The van der Waals surface area contributed by atoms with E-state index in [4.69, 9.17) is 14.0 Å². The fourth-order valence-corrected chi connectivity index (χ4v) is 1.77. The number of likely N-dealkylation sites (N-methyl/N-ethyl adjacent to an activating group) is 1. The van der Waals surface area contributed by atoms with Gasteiger partial charge in [-0.25, -0.2) is 0 Å². The van der Waals surface area contributed by atoms with Crippen LogP contribution in [0.5, 0.6) is 11.5 Å². The third-order valence-corrected chi connectivity index (χ3v) is 2.91. The molecule has 1 aromatic carbocycles. The number of carbonyl (C=O) groups is 1. The van der Waals surface area contributed by atoms with Gasteiger partial charge in [0.25, 0.3) is 5.91 Å². The van der Waals surface area contributed by atoms with Gasteiger partial charge in [-0.3, -0.25) is 4.79 Å². The predicted molar refractivity (Wildman–Crippen MR) is 76.2 cm³/mol. The van der Waals surface area contributed by atoms with Crippen LogP contribution in [0.3, 0.4) is 0 Å². The fraction of sp³-hybridized carbons (Fsp3) is 0.333. The summed E-state index contributed by atoms with van der Waals surface area (Å²) in [4.78, 5) is 13.5. The second kappa shape index (κ2) is 6.78. The van der Waals surface area contributed by atoms with Crippen molar-refractivity contribution in [1.82, 2.24) is 10.1 Å². The van der Waals surface area contributed by atoms with Gasteiger partial charge in [-0.1, -0.05) is 11.2 Å². The molecule has 1 amide bonds. The van der Waals surface area contributed by atoms with E-state index in [1.54, 1.807) is 38.4 Å². The summed E-state index contributed by atoms with van der Waals surface area (Å²) < 4.78 is 15.5. The first kappa shape index (κ1) is 14.9. The van der Waals surface area contributed by atoms with E-state index in [9.17, 15) is 4.79 Å². The largest absolute Gasteiger partial charge is 0.497 e. The highest BCUT2D eigenvalue weighted by molar-refractivity contribution is 5.77. The highest BCUT2D eigenvalue weighted by Crippen LogP contribution is 2.18. The maximum Gasteiger partial charge on any atom is 0.260 e. The number of rotatable bonds is 6. The second-order valence-corrected chi connectivity index (χ2v) is 4.65. The van der Waals surface area contributed by atoms with Crippen molar-refractivity contribution in [2.75, 3.05) is 20.8 Å². The lowest BCUT2D eigenvalue weighted by atomic mass is 10.3. The summed E-state index contributed by atoms with van der Waals surface area (Å²) in [5.74, 6) is 1.86. The Morgan fingerprint density at radius 1 is 1.33 bits per heavy atom. The Morgan fingerprint density at radius 3 is 2.76 bits per heavy atom. The van der Waals surface area contributed by atoms with Gasteiger partial charge in [0, 0.05) is 19.2 Å². The van der Waals surface area contributed by atoms with Crippen LogP contribution in [-0.4, -0.2) is 36.7 Å². The number of carbonyl (C=O) groups excluding carboxylic acids is 1. The van der Waals surface area contributed by atoms with Gasteiger partial charge in [-0.05, 0) is 19.1 Å². The van der Waals surface area contributed by atoms with E-state index >= 15 is 0 Å². The molecular weight excluding hydrogens is 272 g/mol. The molecule has 21 heavy (non-hydrogen) atoms. The lowest BCUT2D eigenvalue weighted by Gasteiger charge is -2.16. The van der Waals surface area contributed by atoms with Gasteiger partial charge < -0.3 is 18.9 Å². The predicted octanol–water partition coefficient (Wildman–Crippen LogP) is 2.03. The smallest absolute Gasteiger partial charge is 0.260 e. The first-order chi connectivity index (χ1) is 10.1. The molecule has 2 rings (SSSR count). The van der Waals surface area contributed by atoms with Crippen molar-refractivity contribution in [3.8, 4) is 11.5 Å². The third kappa shape index (κ3) is 4.24. The minimum absolute atomic E-state index is 0.0412. The summed E-state index contributed by atoms with van der Waals surface area (Å²) in [6.07, 6.45) is 0. The van der Waals surface area contributed by atoms with E-state index in [2.05, 4.69) is 5.16 Å². The van der Waals surface area contributed by atoms with Crippen LogP contribution >= 0.6 is 0 Å². The summed E-state index contributed by atoms with van der Waals surface area (Å²) in [5.41, 5.74) is 0.713. The molecule has 0 radical (unpaired) electrons. The molecule has 112 valence electrons. The molecule has 0 N–H and O–H groups in total. The molecule has 0 fully saturated rings. The Kier molecular flexibility index (Phi) is 4.81. The van der Waals surface area contributed by atoms with Crippen LogP contribution < -0.4 is 9.47 Å². The maximum atomic E-state index is 12.0. The van der Waals surface area contributed by atoms with Gasteiger partial charge in [0.15, 0.2) is 6.61 Å². The van der Waals surface area contributed by atoms with E-state index in [-0.39, 0.29) is 12.5 Å². The average molecular weight is 290 g/mol. The Hall–Kier alpha value is -2.50. The summed E-state index contributed by atoms with van der Waals surface area (Å²) >= 11 is 0. The lowest BCUT2D eigenvalue weighted by Crippen LogP contribution is -2.31. The van der Waals surface area contributed by atoms with Crippen LogP contribution in [-0.2, 0) is 11.3 Å². The van der Waals surface area contributed by atoms with Gasteiger partial charge in [0.05, 0.1) is 13.7 Å². The van der Waals surface area contributed by atoms with Crippen molar-refractivity contribution >= 4 is 5.91 Å². The summed E-state index contributed by atoms with van der Waals surface area (Å²) in [5, 5.41) is 3.85. The lowest BCUT2D eigenvalue weighted by molar-refractivity contribution is -0.132. The molecule has 6 nitrogen and oxygen atoms in total. The number of benzene rings is 1. The Labute approximate surface area is 123 Å². The highest BCUT2D eigenvalue weighted by Gasteiger charge is 2.12. The molecule has 0 aliphatic rings. The Morgan fingerprint density at radius 2 is 2.10 bits per heavy atom. The molecular formula is C15H18N2O4. The molecule has 0 aliphatic carbocycles. The molecule has 0 aliphatic heterocycles. The van der Waals surface area contributed by atoms with Crippen LogP contribution in [0.4, 0.5) is 0 Å². The second-order valence-electron chi connectivity index (χ2n) is 4.65. The summed E-state index contributed by atoms with van der Waals surface area (Å²) in [7, 11) is 3.28. The van der Waals surface area contributed by atoms with Crippen molar-refractivity contribution in [2.24, 2.45) is 0 Å². The van der Waals surface area contributed by atoms with Gasteiger partial charge in [0.1, 0.15) is 23.0 Å². The van der Waals surface area contributed by atoms with Gasteiger partial charge in [0.2, 0.25) is 0 Å². The number of aryl methyl sites for hydroxylation is 1. The van der Waals surface area contributed by atoms with Crippen molar-refractivity contribution < 1.29 is 18.8 Å². The monoisotopic (exact) mass is 290 g/mol. The van der Waals surface area contributed by atoms with Gasteiger partial charge in [-0.2, -0.15) is 0 Å². The number of aromatic nitrogens is 1. The van der Waals surface area contributed by atoms with E-state index in [1.165, 1.54) is 4.90 Å². The van der Waals surface area contributed by atoms with E-state index in [0.29, 0.717) is 23.7 Å². The molecule has 0 atom stereocenters. The van der Waals surface area contributed by atoms with Crippen LogP contribution in [0.25, 0.3) is 0 Å². The highest BCUT2D eigenvalue weighted by atomic mass is 16.5. The standard InChI is InChI=1S/C15H18N2O4/c1-11-7-12(16-21-11)9-17(2)15(18)10-20-14-6-4-5-13(8-14)19-3/h4-8H,9-10H2,1-3H3. The number of amides is 1. The topological polar surface area (TPSA) is 64.8 Å². The number of methoxy groups -OCH3 is 1. The van der Waals surface area contributed by atoms with Crippen LogP contribution in [0.1, 0.15) is 11.5 Å².